The van der Waals surface area contributed by atoms with Crippen LogP contribution in [0.1, 0.15) is 25.0 Å². The lowest BCUT2D eigenvalue weighted by molar-refractivity contribution is 0.217. The summed E-state index contributed by atoms with van der Waals surface area (Å²) in [5.74, 6) is 1.24. The van der Waals surface area contributed by atoms with E-state index in [1.54, 1.807) is 4.90 Å². The molecule has 0 saturated carbocycles. The van der Waals surface area contributed by atoms with Gasteiger partial charge in [0.2, 0.25) is 0 Å². The third-order valence-electron chi connectivity index (χ3n) is 3.67. The van der Waals surface area contributed by atoms with Crippen molar-refractivity contribution in [2.75, 3.05) is 18.9 Å². The van der Waals surface area contributed by atoms with Crippen LogP contribution in [0.25, 0.3) is 0 Å². The molecule has 2 amide bonds. The molecule has 0 bridgehead atoms. The average molecular weight is 326 g/mol. The molecule has 0 atom stereocenters. The molecule has 2 aromatic rings. The molecule has 0 aliphatic heterocycles. The zero-order valence-corrected chi connectivity index (χ0v) is 14.9. The van der Waals surface area contributed by atoms with Crippen LogP contribution >= 0.6 is 0 Å². The van der Waals surface area contributed by atoms with Crippen molar-refractivity contribution in [3.63, 3.8) is 0 Å². The van der Waals surface area contributed by atoms with E-state index in [1.807, 2.05) is 62.5 Å². The van der Waals surface area contributed by atoms with Crippen molar-refractivity contribution in [1.29, 1.82) is 0 Å². The molecule has 0 unspecified atom stereocenters. The molecule has 2 rings (SSSR count). The summed E-state index contributed by atoms with van der Waals surface area (Å²) in [6.45, 7) is 7.40. The van der Waals surface area contributed by atoms with E-state index in [2.05, 4.69) is 19.2 Å². The number of aryl methyl sites for hydroxylation is 1. The zero-order chi connectivity index (χ0) is 17.5. The van der Waals surface area contributed by atoms with Crippen LogP contribution in [0.5, 0.6) is 5.75 Å². The van der Waals surface area contributed by atoms with Crippen molar-refractivity contribution in [2.24, 2.45) is 5.92 Å². The van der Waals surface area contributed by atoms with Crippen LogP contribution in [0.3, 0.4) is 0 Å². The first-order valence-corrected chi connectivity index (χ1v) is 8.25. The number of carbonyl (C=O) groups excluding carboxylic acids is 1. The number of hydrogen-bond acceptors (Lipinski definition) is 2. The quantitative estimate of drug-likeness (QED) is 0.836. The van der Waals surface area contributed by atoms with Crippen LogP contribution in [0.4, 0.5) is 10.5 Å². The second kappa shape index (κ2) is 8.39. The van der Waals surface area contributed by atoms with Crippen LogP contribution in [0.15, 0.2) is 48.5 Å². The number of hydrogen-bond donors (Lipinski definition) is 1. The van der Waals surface area contributed by atoms with Gasteiger partial charge in [-0.25, -0.2) is 4.79 Å². The van der Waals surface area contributed by atoms with E-state index >= 15 is 0 Å². The van der Waals surface area contributed by atoms with Gasteiger partial charge in [0.05, 0.1) is 0 Å². The summed E-state index contributed by atoms with van der Waals surface area (Å²) in [5.41, 5.74) is 2.91. The monoisotopic (exact) mass is 326 g/mol. The number of rotatable bonds is 6. The summed E-state index contributed by atoms with van der Waals surface area (Å²) in [6.07, 6.45) is 0. The van der Waals surface area contributed by atoms with Crippen LogP contribution < -0.4 is 10.1 Å². The summed E-state index contributed by atoms with van der Waals surface area (Å²) in [4.78, 5) is 13.9. The van der Waals surface area contributed by atoms with E-state index < -0.39 is 0 Å². The predicted octanol–water partition coefficient (Wildman–Crippen LogP) is 4.69. The first-order valence-electron chi connectivity index (χ1n) is 8.25. The van der Waals surface area contributed by atoms with Gasteiger partial charge in [-0.05, 0) is 42.2 Å². The fourth-order valence-electron chi connectivity index (χ4n) is 2.45. The number of nitrogens with one attached hydrogen (secondary N) is 1. The van der Waals surface area contributed by atoms with Gasteiger partial charge in [-0.3, -0.25) is 0 Å². The minimum atomic E-state index is -0.0928. The number of amides is 2. The Bertz CT molecular complexity index is 669. The van der Waals surface area contributed by atoms with Gasteiger partial charge in [-0.15, -0.1) is 0 Å². The molecule has 0 aliphatic rings. The predicted molar refractivity (Wildman–Crippen MR) is 98.4 cm³/mol. The molecular weight excluding hydrogens is 300 g/mol. The first-order chi connectivity index (χ1) is 11.5. The van der Waals surface area contributed by atoms with E-state index in [4.69, 9.17) is 4.74 Å². The minimum absolute atomic E-state index is 0.0928. The summed E-state index contributed by atoms with van der Waals surface area (Å²) in [6, 6.07) is 15.7. The Balaban J connectivity index is 1.95. The average Bonchev–Trinajstić information content (AvgIpc) is 2.55. The molecule has 128 valence electrons. The summed E-state index contributed by atoms with van der Waals surface area (Å²) >= 11 is 0. The Labute approximate surface area is 144 Å². The zero-order valence-electron chi connectivity index (χ0n) is 14.9. The summed E-state index contributed by atoms with van der Waals surface area (Å²) in [5, 5.41) is 2.95. The van der Waals surface area contributed by atoms with Crippen molar-refractivity contribution < 1.29 is 9.53 Å². The third kappa shape index (κ3) is 5.30. The van der Waals surface area contributed by atoms with Gasteiger partial charge in [0.15, 0.2) is 0 Å². The van der Waals surface area contributed by atoms with Crippen LogP contribution in [0, 0.1) is 12.8 Å². The highest BCUT2D eigenvalue weighted by atomic mass is 16.5. The molecule has 0 aliphatic carbocycles. The fraction of sp³-hybridized carbons (Fsp3) is 0.350. The SMILES string of the molecule is Cc1cc(OCc2ccccc2)ccc1NC(=O)N(C)CC(C)C. The van der Waals surface area contributed by atoms with E-state index in [9.17, 15) is 4.79 Å². The van der Waals surface area contributed by atoms with Crippen molar-refractivity contribution in [3.05, 3.63) is 59.7 Å². The lowest BCUT2D eigenvalue weighted by Gasteiger charge is -2.20. The Morgan fingerprint density at radius 2 is 1.88 bits per heavy atom. The van der Waals surface area contributed by atoms with E-state index in [0.29, 0.717) is 12.5 Å². The Morgan fingerprint density at radius 3 is 2.50 bits per heavy atom. The number of benzene rings is 2. The first kappa shape index (κ1) is 17.9. The molecule has 4 heteroatoms. The maximum absolute atomic E-state index is 12.2. The molecule has 0 saturated heterocycles. The highest BCUT2D eigenvalue weighted by Gasteiger charge is 2.11. The maximum atomic E-state index is 12.2. The lowest BCUT2D eigenvalue weighted by Crippen LogP contribution is -2.34. The molecule has 0 radical (unpaired) electrons. The molecular formula is C20H26N2O2. The molecule has 24 heavy (non-hydrogen) atoms. The Kier molecular flexibility index (Phi) is 6.24. The third-order valence-corrected chi connectivity index (χ3v) is 3.67. The van der Waals surface area contributed by atoms with E-state index in [0.717, 1.165) is 29.1 Å². The normalized spacial score (nSPS) is 10.5. The van der Waals surface area contributed by atoms with Gasteiger partial charge in [0, 0.05) is 19.3 Å². The van der Waals surface area contributed by atoms with Crippen molar-refractivity contribution in [3.8, 4) is 5.75 Å². The number of anilines is 1. The van der Waals surface area contributed by atoms with Gasteiger partial charge >= 0.3 is 6.03 Å². The van der Waals surface area contributed by atoms with Crippen molar-refractivity contribution in [2.45, 2.75) is 27.4 Å². The minimum Gasteiger partial charge on any atom is -0.489 e. The molecule has 0 fully saturated rings. The van der Waals surface area contributed by atoms with E-state index in [1.165, 1.54) is 0 Å². The summed E-state index contributed by atoms with van der Waals surface area (Å²) < 4.78 is 5.81. The van der Waals surface area contributed by atoms with Gasteiger partial charge in [-0.1, -0.05) is 44.2 Å². The lowest BCUT2D eigenvalue weighted by atomic mass is 10.2. The molecule has 0 spiro atoms. The number of carbonyl (C=O) groups is 1. The second-order valence-electron chi connectivity index (χ2n) is 6.46. The number of nitrogens with zero attached hydrogens (tertiary/aromatic N) is 1. The molecule has 4 nitrogen and oxygen atoms in total. The van der Waals surface area contributed by atoms with Gasteiger partial charge in [0.25, 0.3) is 0 Å². The Hall–Kier alpha value is -2.49. The fourth-order valence-corrected chi connectivity index (χ4v) is 2.45. The van der Waals surface area contributed by atoms with Gasteiger partial charge < -0.3 is 15.0 Å². The van der Waals surface area contributed by atoms with E-state index in [-0.39, 0.29) is 6.03 Å². The Morgan fingerprint density at radius 1 is 1.17 bits per heavy atom. The van der Waals surface area contributed by atoms with Crippen molar-refractivity contribution >= 4 is 11.7 Å². The largest absolute Gasteiger partial charge is 0.489 e. The summed E-state index contributed by atoms with van der Waals surface area (Å²) in [7, 11) is 1.81. The van der Waals surface area contributed by atoms with Crippen LogP contribution in [-0.4, -0.2) is 24.5 Å². The number of urea groups is 1. The maximum Gasteiger partial charge on any atom is 0.321 e. The molecule has 2 aromatic carbocycles. The highest BCUT2D eigenvalue weighted by Crippen LogP contribution is 2.22. The van der Waals surface area contributed by atoms with Gasteiger partial charge in [-0.2, -0.15) is 0 Å². The van der Waals surface area contributed by atoms with Crippen LogP contribution in [-0.2, 0) is 6.61 Å². The number of ether oxygens (including phenoxy) is 1. The smallest absolute Gasteiger partial charge is 0.321 e. The standard InChI is InChI=1S/C20H26N2O2/c1-15(2)13-22(4)20(23)21-19-11-10-18(12-16(19)3)24-14-17-8-6-5-7-9-17/h5-12,15H,13-14H2,1-4H3,(H,21,23). The highest BCUT2D eigenvalue weighted by molar-refractivity contribution is 5.90. The molecule has 0 heterocycles. The topological polar surface area (TPSA) is 41.6 Å². The van der Waals surface area contributed by atoms with Crippen LogP contribution in [0.2, 0.25) is 0 Å². The molecule has 1 N–H and O–H groups in total. The second-order valence-corrected chi connectivity index (χ2v) is 6.46. The van der Waals surface area contributed by atoms with Crippen molar-refractivity contribution in [1.82, 2.24) is 4.90 Å². The van der Waals surface area contributed by atoms with Gasteiger partial charge in [0.1, 0.15) is 12.4 Å². The molecule has 0 aromatic heterocycles.